The summed E-state index contributed by atoms with van der Waals surface area (Å²) in [5.74, 6) is 1.44. The molecule has 2 rings (SSSR count). The summed E-state index contributed by atoms with van der Waals surface area (Å²) in [6.45, 7) is 4.59. The van der Waals surface area contributed by atoms with E-state index in [9.17, 15) is 4.39 Å². The first-order valence-corrected chi connectivity index (χ1v) is 7.57. The van der Waals surface area contributed by atoms with E-state index in [-0.39, 0.29) is 5.82 Å². The molecule has 0 atom stereocenters. The molecule has 1 fully saturated rings. The summed E-state index contributed by atoms with van der Waals surface area (Å²) in [6.07, 6.45) is 4.79. The Morgan fingerprint density at radius 2 is 1.89 bits per heavy atom. The van der Waals surface area contributed by atoms with E-state index in [0.29, 0.717) is 11.7 Å². The van der Waals surface area contributed by atoms with E-state index in [1.807, 2.05) is 6.07 Å². The van der Waals surface area contributed by atoms with Crippen molar-refractivity contribution < 1.29 is 4.39 Å². The van der Waals surface area contributed by atoms with E-state index < -0.39 is 0 Å². The van der Waals surface area contributed by atoms with Crippen molar-refractivity contribution in [2.24, 2.45) is 11.8 Å². The molecule has 0 saturated heterocycles. The van der Waals surface area contributed by atoms with E-state index in [1.165, 1.54) is 18.9 Å². The molecule has 0 unspecified atom stereocenters. The zero-order chi connectivity index (χ0) is 13.1. The van der Waals surface area contributed by atoms with Gasteiger partial charge in [-0.1, -0.05) is 19.9 Å². The topological polar surface area (TPSA) is 12.0 Å². The van der Waals surface area contributed by atoms with Crippen molar-refractivity contribution in [1.29, 1.82) is 0 Å². The van der Waals surface area contributed by atoms with Gasteiger partial charge in [0.05, 0.1) is 5.69 Å². The van der Waals surface area contributed by atoms with E-state index in [4.69, 9.17) is 0 Å². The molecule has 0 heterocycles. The molecule has 1 aliphatic rings. The quantitative estimate of drug-likeness (QED) is 0.807. The Balaban J connectivity index is 1.96. The summed E-state index contributed by atoms with van der Waals surface area (Å²) < 4.78 is 14.5. The van der Waals surface area contributed by atoms with Gasteiger partial charge in [0, 0.05) is 10.5 Å². The highest BCUT2D eigenvalue weighted by atomic mass is 79.9. The number of benzene rings is 1. The number of halogens is 2. The van der Waals surface area contributed by atoms with Crippen LogP contribution in [-0.4, -0.2) is 6.04 Å². The average Bonchev–Trinajstić information content (AvgIpc) is 2.34. The van der Waals surface area contributed by atoms with Gasteiger partial charge in [0.2, 0.25) is 0 Å². The third kappa shape index (κ3) is 3.25. The van der Waals surface area contributed by atoms with Crippen molar-refractivity contribution in [2.45, 2.75) is 45.6 Å². The zero-order valence-corrected chi connectivity index (χ0v) is 12.6. The second-order valence-corrected chi connectivity index (χ2v) is 6.45. The highest BCUT2D eigenvalue weighted by Gasteiger charge is 2.24. The molecule has 18 heavy (non-hydrogen) atoms. The molecule has 3 heteroatoms. The number of rotatable bonds is 3. The summed E-state index contributed by atoms with van der Waals surface area (Å²) in [4.78, 5) is 0. The van der Waals surface area contributed by atoms with Gasteiger partial charge in [-0.15, -0.1) is 0 Å². The molecule has 1 aromatic rings. The van der Waals surface area contributed by atoms with Crippen molar-refractivity contribution in [3.05, 3.63) is 28.5 Å². The second kappa shape index (κ2) is 6.05. The van der Waals surface area contributed by atoms with E-state index >= 15 is 0 Å². The van der Waals surface area contributed by atoms with Crippen LogP contribution < -0.4 is 5.32 Å². The summed E-state index contributed by atoms with van der Waals surface area (Å²) in [5.41, 5.74) is 0.616. The molecule has 0 aromatic heterocycles. The number of hydrogen-bond donors (Lipinski definition) is 1. The van der Waals surface area contributed by atoms with Crippen LogP contribution in [0, 0.1) is 17.7 Å². The fraction of sp³-hybridized carbons (Fsp3) is 0.600. The van der Waals surface area contributed by atoms with Crippen molar-refractivity contribution >= 4 is 21.6 Å². The summed E-state index contributed by atoms with van der Waals surface area (Å²) in [6, 6.07) is 5.52. The third-order valence-corrected chi connectivity index (χ3v) is 4.69. The molecule has 0 amide bonds. The maximum Gasteiger partial charge on any atom is 0.147 e. The number of hydrogen-bond acceptors (Lipinski definition) is 1. The van der Waals surface area contributed by atoms with E-state index in [1.54, 1.807) is 6.07 Å². The molecule has 1 aromatic carbocycles. The Hall–Kier alpha value is -0.570. The van der Waals surface area contributed by atoms with Crippen LogP contribution in [-0.2, 0) is 0 Å². The second-order valence-electron chi connectivity index (χ2n) is 5.60. The first kappa shape index (κ1) is 13.9. The number of para-hydroxylation sites is 1. The summed E-state index contributed by atoms with van der Waals surface area (Å²) in [5, 5.41) is 3.36. The van der Waals surface area contributed by atoms with Crippen molar-refractivity contribution in [3.63, 3.8) is 0 Å². The smallest absolute Gasteiger partial charge is 0.147 e. The molecule has 0 spiro atoms. The summed E-state index contributed by atoms with van der Waals surface area (Å²) in [7, 11) is 0. The van der Waals surface area contributed by atoms with Crippen LogP contribution in [0.25, 0.3) is 0 Å². The molecule has 0 bridgehead atoms. The molecular weight excluding hydrogens is 293 g/mol. The van der Waals surface area contributed by atoms with E-state index in [2.05, 4.69) is 35.1 Å². The number of nitrogens with one attached hydrogen (secondary N) is 1. The van der Waals surface area contributed by atoms with Crippen LogP contribution in [0.3, 0.4) is 0 Å². The SMILES string of the molecule is CC(C)C1CCC(Nc2c(F)cccc2Br)CC1. The molecule has 100 valence electrons. The van der Waals surface area contributed by atoms with Gasteiger partial charge in [0.25, 0.3) is 0 Å². The fourth-order valence-electron chi connectivity index (χ4n) is 2.77. The first-order valence-electron chi connectivity index (χ1n) is 6.78. The minimum Gasteiger partial charge on any atom is -0.379 e. The first-order chi connectivity index (χ1) is 8.58. The highest BCUT2D eigenvalue weighted by Crippen LogP contribution is 2.33. The lowest BCUT2D eigenvalue weighted by molar-refractivity contribution is 0.266. The van der Waals surface area contributed by atoms with Crippen LogP contribution in [0.15, 0.2) is 22.7 Å². The lowest BCUT2D eigenvalue weighted by Gasteiger charge is -2.32. The zero-order valence-electron chi connectivity index (χ0n) is 11.0. The molecule has 1 nitrogen and oxygen atoms in total. The lowest BCUT2D eigenvalue weighted by Crippen LogP contribution is -2.28. The Morgan fingerprint density at radius 1 is 1.22 bits per heavy atom. The van der Waals surface area contributed by atoms with Crippen molar-refractivity contribution in [3.8, 4) is 0 Å². The van der Waals surface area contributed by atoms with Gasteiger partial charge in [-0.25, -0.2) is 4.39 Å². The van der Waals surface area contributed by atoms with Crippen LogP contribution in [0.5, 0.6) is 0 Å². The molecule has 0 aliphatic heterocycles. The molecule has 1 N–H and O–H groups in total. The predicted octanol–water partition coefficient (Wildman–Crippen LogP) is 5.21. The van der Waals surface area contributed by atoms with Crippen LogP contribution in [0.2, 0.25) is 0 Å². The Labute approximate surface area is 117 Å². The van der Waals surface area contributed by atoms with Crippen molar-refractivity contribution in [2.75, 3.05) is 5.32 Å². The maximum absolute atomic E-state index is 13.7. The minimum atomic E-state index is -0.171. The normalized spacial score (nSPS) is 24.3. The van der Waals surface area contributed by atoms with Gasteiger partial charge in [-0.05, 0) is 65.6 Å². The van der Waals surface area contributed by atoms with Gasteiger partial charge in [0.1, 0.15) is 5.82 Å². The minimum absolute atomic E-state index is 0.171. The monoisotopic (exact) mass is 313 g/mol. The Morgan fingerprint density at radius 3 is 2.44 bits per heavy atom. The molecule has 1 saturated carbocycles. The third-order valence-electron chi connectivity index (χ3n) is 4.03. The van der Waals surface area contributed by atoms with Crippen LogP contribution >= 0.6 is 15.9 Å². The largest absolute Gasteiger partial charge is 0.379 e. The molecule has 1 aliphatic carbocycles. The van der Waals surface area contributed by atoms with Crippen LogP contribution in [0.4, 0.5) is 10.1 Å². The fourth-order valence-corrected chi connectivity index (χ4v) is 3.23. The number of anilines is 1. The standard InChI is InChI=1S/C15H21BrFN/c1-10(2)11-6-8-12(9-7-11)18-15-13(16)4-3-5-14(15)17/h3-5,10-12,18H,6-9H2,1-2H3. The maximum atomic E-state index is 13.7. The Kier molecular flexibility index (Phi) is 4.66. The van der Waals surface area contributed by atoms with Gasteiger partial charge in [0.15, 0.2) is 0 Å². The van der Waals surface area contributed by atoms with Gasteiger partial charge in [-0.2, -0.15) is 0 Å². The molecule has 0 radical (unpaired) electrons. The highest BCUT2D eigenvalue weighted by molar-refractivity contribution is 9.10. The van der Waals surface area contributed by atoms with Gasteiger partial charge in [-0.3, -0.25) is 0 Å². The van der Waals surface area contributed by atoms with Crippen LogP contribution in [0.1, 0.15) is 39.5 Å². The van der Waals surface area contributed by atoms with Gasteiger partial charge < -0.3 is 5.32 Å². The van der Waals surface area contributed by atoms with E-state index in [0.717, 1.165) is 29.2 Å². The lowest BCUT2D eigenvalue weighted by atomic mass is 9.79. The predicted molar refractivity (Wildman–Crippen MR) is 78.3 cm³/mol. The van der Waals surface area contributed by atoms with Gasteiger partial charge >= 0.3 is 0 Å². The molecular formula is C15H21BrFN. The average molecular weight is 314 g/mol. The van der Waals surface area contributed by atoms with Crippen molar-refractivity contribution in [1.82, 2.24) is 0 Å². The Bertz CT molecular complexity index is 377. The summed E-state index contributed by atoms with van der Waals surface area (Å²) >= 11 is 3.41.